The highest BCUT2D eigenvalue weighted by Gasteiger charge is 2.50. The second-order valence-corrected chi connectivity index (χ2v) is 7.90. The molecule has 5 rings (SSSR count). The Balaban J connectivity index is 0.000000167. The molecule has 2 bridgehead atoms. The van der Waals surface area contributed by atoms with Crippen molar-refractivity contribution in [3.8, 4) is 0 Å². The number of anilines is 1. The van der Waals surface area contributed by atoms with Gasteiger partial charge in [-0.25, -0.2) is 0 Å². The summed E-state index contributed by atoms with van der Waals surface area (Å²) in [5, 5.41) is 5.15. The number of aromatic nitrogens is 1. The average molecular weight is 390 g/mol. The van der Waals surface area contributed by atoms with Crippen LogP contribution in [0.15, 0.2) is 41.2 Å². The lowest BCUT2D eigenvalue weighted by Gasteiger charge is -2.38. The Bertz CT molecular complexity index is 912. The quantitative estimate of drug-likeness (QED) is 0.612. The molecule has 0 spiro atoms. The Morgan fingerprint density at radius 1 is 1.21 bits per heavy atom. The molecular formula is C21H25F3N4. The van der Waals surface area contributed by atoms with Crippen LogP contribution in [0.25, 0.3) is 10.9 Å². The van der Waals surface area contributed by atoms with E-state index in [1.54, 1.807) is 5.56 Å². The fourth-order valence-corrected chi connectivity index (χ4v) is 5.30. The van der Waals surface area contributed by atoms with E-state index >= 15 is 0 Å². The van der Waals surface area contributed by atoms with Crippen molar-refractivity contribution in [2.24, 2.45) is 28.5 Å². The minimum Gasteiger partial charge on any atom is -0.395 e. The summed E-state index contributed by atoms with van der Waals surface area (Å²) in [5.41, 5.74) is 7.77. The van der Waals surface area contributed by atoms with Crippen molar-refractivity contribution in [1.29, 1.82) is 0 Å². The van der Waals surface area contributed by atoms with E-state index < -0.39 is 11.9 Å². The molecule has 3 aliphatic rings. The van der Waals surface area contributed by atoms with Crippen molar-refractivity contribution in [3.05, 3.63) is 41.7 Å². The van der Waals surface area contributed by atoms with Crippen molar-refractivity contribution in [3.63, 3.8) is 0 Å². The fraction of sp³-hybridized carbons (Fsp3) is 0.476. The molecule has 2 saturated carbocycles. The number of nitrogens with one attached hydrogen (secondary N) is 2. The number of benzene rings is 1. The second-order valence-electron chi connectivity index (χ2n) is 7.90. The zero-order valence-electron chi connectivity index (χ0n) is 15.8. The van der Waals surface area contributed by atoms with Crippen LogP contribution in [0, 0.1) is 17.8 Å². The van der Waals surface area contributed by atoms with E-state index in [0.717, 1.165) is 29.9 Å². The fourth-order valence-electron chi connectivity index (χ4n) is 5.30. The molecule has 7 heteroatoms. The van der Waals surface area contributed by atoms with E-state index in [2.05, 4.69) is 45.4 Å². The van der Waals surface area contributed by atoms with Crippen molar-refractivity contribution in [1.82, 2.24) is 4.98 Å². The molecule has 0 saturated heterocycles. The summed E-state index contributed by atoms with van der Waals surface area (Å²) in [6.45, 7) is 1.20. The van der Waals surface area contributed by atoms with Gasteiger partial charge in [-0.1, -0.05) is 0 Å². The van der Waals surface area contributed by atoms with Crippen molar-refractivity contribution >= 4 is 22.8 Å². The monoisotopic (exact) mass is 390 g/mol. The van der Waals surface area contributed by atoms with Crippen LogP contribution in [0.2, 0.25) is 0 Å². The number of fused-ring (bicyclic) bond motifs is 9. The summed E-state index contributed by atoms with van der Waals surface area (Å²) >= 11 is 0. The highest BCUT2D eigenvalue weighted by Crippen LogP contribution is 2.60. The Morgan fingerprint density at radius 3 is 2.75 bits per heavy atom. The summed E-state index contributed by atoms with van der Waals surface area (Å²) in [7, 11) is 1.36. The standard InChI is InChI=1S/C16H18N2.C5H7F3N2/c1-2-10-7-9(1)12-8-18-14-4-3-13-11(5-6-17-13)16(14)15(10)12;1-10-3-2-4(9)5(6,7)8/h3-6,9-10,12,15,17-18H,1-2,7-8H2;2-3H,9H2,1H3/b;4-2-,10-3?/t9-,10?,12+,15-;/m0./s1. The second kappa shape index (κ2) is 7.18. The van der Waals surface area contributed by atoms with Gasteiger partial charge in [0.2, 0.25) is 0 Å². The van der Waals surface area contributed by atoms with Gasteiger partial charge in [0.1, 0.15) is 5.70 Å². The van der Waals surface area contributed by atoms with Crippen LogP contribution in [-0.2, 0) is 0 Å². The summed E-state index contributed by atoms with van der Waals surface area (Å²) in [6.07, 6.45) is 3.76. The number of aliphatic imine (C=N–C) groups is 1. The first-order chi connectivity index (χ1) is 13.4. The average Bonchev–Trinajstić information content (AvgIpc) is 3.40. The van der Waals surface area contributed by atoms with Gasteiger partial charge in [-0.3, -0.25) is 4.99 Å². The lowest BCUT2D eigenvalue weighted by Crippen LogP contribution is -2.32. The minimum absolute atomic E-state index is 0.708. The molecule has 0 amide bonds. The maximum Gasteiger partial charge on any atom is 0.430 e. The molecule has 4 N–H and O–H groups in total. The third-order valence-electron chi connectivity index (χ3n) is 6.46. The topological polar surface area (TPSA) is 66.2 Å². The van der Waals surface area contributed by atoms with Gasteiger partial charge < -0.3 is 16.0 Å². The van der Waals surface area contributed by atoms with Crippen molar-refractivity contribution in [2.75, 3.05) is 18.9 Å². The lowest BCUT2D eigenvalue weighted by molar-refractivity contribution is -0.0925. The number of alkyl halides is 3. The van der Waals surface area contributed by atoms with Crippen LogP contribution >= 0.6 is 0 Å². The summed E-state index contributed by atoms with van der Waals surface area (Å²) in [6, 6.07) is 6.76. The van der Waals surface area contributed by atoms with Crippen LogP contribution in [0.3, 0.4) is 0 Å². The van der Waals surface area contributed by atoms with E-state index in [-0.39, 0.29) is 0 Å². The SMILES string of the molecule is CN=C/C=C(\N)C(F)(F)F.c1cc2c3c(ccc2[nH]1)NC[C@@H]1[C@H]2CCC(C2)[C@H]31. The molecule has 2 aliphatic carbocycles. The first-order valence-corrected chi connectivity index (χ1v) is 9.69. The van der Waals surface area contributed by atoms with Gasteiger partial charge in [-0.15, -0.1) is 0 Å². The largest absolute Gasteiger partial charge is 0.430 e. The molecule has 1 aromatic heterocycles. The summed E-state index contributed by atoms with van der Waals surface area (Å²) in [4.78, 5) is 6.67. The number of halogens is 3. The highest BCUT2D eigenvalue weighted by atomic mass is 19.4. The number of rotatable bonds is 1. The smallest absolute Gasteiger partial charge is 0.395 e. The molecule has 2 heterocycles. The molecule has 150 valence electrons. The molecule has 1 unspecified atom stereocenters. The predicted molar refractivity (Wildman–Crippen MR) is 107 cm³/mol. The van der Waals surface area contributed by atoms with E-state index in [1.807, 2.05) is 0 Å². The van der Waals surface area contributed by atoms with Crippen LogP contribution in [0.5, 0.6) is 0 Å². The highest BCUT2D eigenvalue weighted by molar-refractivity contribution is 5.89. The maximum atomic E-state index is 11.5. The number of nitrogens with zero attached hydrogens (tertiary/aromatic N) is 1. The number of H-pyrrole nitrogens is 1. The third kappa shape index (κ3) is 3.27. The maximum absolute atomic E-state index is 11.5. The van der Waals surface area contributed by atoms with Crippen LogP contribution in [0.1, 0.15) is 30.7 Å². The van der Waals surface area contributed by atoms with Gasteiger partial charge in [0.25, 0.3) is 0 Å². The van der Waals surface area contributed by atoms with E-state index in [4.69, 9.17) is 0 Å². The Kier molecular flexibility index (Phi) is 4.85. The first kappa shape index (κ1) is 18.9. The molecule has 28 heavy (non-hydrogen) atoms. The first-order valence-electron chi connectivity index (χ1n) is 9.69. The molecule has 2 aromatic rings. The lowest BCUT2D eigenvalue weighted by atomic mass is 9.72. The normalized spacial score (nSPS) is 28.6. The van der Waals surface area contributed by atoms with Gasteiger partial charge in [0, 0.05) is 42.6 Å². The van der Waals surface area contributed by atoms with E-state index in [9.17, 15) is 13.2 Å². The Labute approximate surface area is 162 Å². The third-order valence-corrected chi connectivity index (χ3v) is 6.46. The van der Waals surface area contributed by atoms with Gasteiger partial charge in [0.05, 0.1) is 0 Å². The van der Waals surface area contributed by atoms with E-state index in [0.29, 0.717) is 6.08 Å². The molecule has 1 aliphatic heterocycles. The van der Waals surface area contributed by atoms with Gasteiger partial charge in [-0.2, -0.15) is 13.2 Å². The van der Waals surface area contributed by atoms with Crippen molar-refractivity contribution in [2.45, 2.75) is 31.4 Å². The molecule has 4 atom stereocenters. The number of hydrogen-bond acceptors (Lipinski definition) is 3. The Morgan fingerprint density at radius 2 is 2.00 bits per heavy atom. The minimum atomic E-state index is -4.44. The predicted octanol–water partition coefficient (Wildman–Crippen LogP) is 4.82. The van der Waals surface area contributed by atoms with Crippen LogP contribution in [-0.4, -0.2) is 31.0 Å². The summed E-state index contributed by atoms with van der Waals surface area (Å²) in [5.74, 6) is 3.69. The van der Waals surface area contributed by atoms with Gasteiger partial charge in [-0.05, 0) is 72.8 Å². The number of nitrogens with two attached hydrogens (primary N) is 1. The van der Waals surface area contributed by atoms with Crippen molar-refractivity contribution < 1.29 is 13.2 Å². The number of hydrogen-bond donors (Lipinski definition) is 3. The zero-order valence-corrected chi connectivity index (χ0v) is 15.8. The summed E-state index contributed by atoms with van der Waals surface area (Å²) < 4.78 is 34.6. The van der Waals surface area contributed by atoms with E-state index in [1.165, 1.54) is 49.4 Å². The molecule has 1 aromatic carbocycles. The Hall–Kier alpha value is -2.44. The van der Waals surface area contributed by atoms with Gasteiger partial charge in [0.15, 0.2) is 0 Å². The number of aromatic amines is 1. The molecule has 4 nitrogen and oxygen atoms in total. The molecule has 2 fully saturated rings. The van der Waals surface area contributed by atoms with Crippen LogP contribution in [0.4, 0.5) is 18.9 Å². The number of allylic oxidation sites excluding steroid dienone is 2. The van der Waals surface area contributed by atoms with Gasteiger partial charge >= 0.3 is 6.18 Å². The van der Waals surface area contributed by atoms with Crippen LogP contribution < -0.4 is 11.1 Å². The molecule has 0 radical (unpaired) electrons. The molecular weight excluding hydrogens is 365 g/mol. The zero-order chi connectivity index (χ0) is 19.9.